The zero-order valence-corrected chi connectivity index (χ0v) is 14.3. The van der Waals surface area contributed by atoms with Crippen LogP contribution in [0, 0.1) is 0 Å². The van der Waals surface area contributed by atoms with Crippen molar-refractivity contribution in [2.75, 3.05) is 6.54 Å². The standard InChI is InChI=1S/C17H13N3O5S/c1-8(21)11-12-15(26-17(20-12)9-5-3-2-4-6-9)14(24)13(19-11)16(25)18-7-10(22)23/h2-6,24H,7H2,1H3,(H,18,25)(H,22,23). The molecule has 26 heavy (non-hydrogen) atoms. The number of thiazole rings is 1. The Morgan fingerprint density at radius 2 is 1.81 bits per heavy atom. The Morgan fingerprint density at radius 1 is 1.12 bits per heavy atom. The number of nitrogens with one attached hydrogen (secondary N) is 1. The van der Waals surface area contributed by atoms with E-state index in [-0.39, 0.29) is 15.9 Å². The number of fused-ring (bicyclic) bond motifs is 1. The summed E-state index contributed by atoms with van der Waals surface area (Å²) >= 11 is 1.11. The van der Waals surface area contributed by atoms with Gasteiger partial charge in [0.1, 0.15) is 27.5 Å². The molecule has 3 N–H and O–H groups in total. The van der Waals surface area contributed by atoms with Crippen LogP contribution in [0.2, 0.25) is 0 Å². The van der Waals surface area contributed by atoms with Crippen LogP contribution in [0.4, 0.5) is 0 Å². The van der Waals surface area contributed by atoms with Gasteiger partial charge in [0.2, 0.25) is 0 Å². The number of rotatable bonds is 5. The first-order chi connectivity index (χ1) is 12.4. The first-order valence-corrected chi connectivity index (χ1v) is 8.30. The lowest BCUT2D eigenvalue weighted by Crippen LogP contribution is -2.30. The van der Waals surface area contributed by atoms with Crippen LogP contribution in [0.1, 0.15) is 27.9 Å². The van der Waals surface area contributed by atoms with Crippen LogP contribution in [0.3, 0.4) is 0 Å². The minimum absolute atomic E-state index is 0.0586. The van der Waals surface area contributed by atoms with E-state index in [4.69, 9.17) is 5.11 Å². The summed E-state index contributed by atoms with van der Waals surface area (Å²) in [6.45, 7) is 0.643. The SMILES string of the molecule is CC(=O)c1nc(C(=O)NCC(=O)O)c(O)c2sc(-c3ccccc3)nc12. The number of ketones is 1. The van der Waals surface area contributed by atoms with Crippen LogP contribution in [0.15, 0.2) is 30.3 Å². The highest BCUT2D eigenvalue weighted by Crippen LogP contribution is 2.38. The predicted molar refractivity (Wildman–Crippen MR) is 94.5 cm³/mol. The van der Waals surface area contributed by atoms with Gasteiger partial charge in [-0.3, -0.25) is 14.4 Å². The van der Waals surface area contributed by atoms with Gasteiger partial charge in [0.05, 0.1) is 0 Å². The van der Waals surface area contributed by atoms with Crippen molar-refractivity contribution in [2.24, 2.45) is 0 Å². The fourth-order valence-corrected chi connectivity index (χ4v) is 3.33. The van der Waals surface area contributed by atoms with Crippen molar-refractivity contribution < 1.29 is 24.6 Å². The van der Waals surface area contributed by atoms with Crippen molar-refractivity contribution in [2.45, 2.75) is 6.92 Å². The van der Waals surface area contributed by atoms with Crippen LogP contribution in [0.25, 0.3) is 20.8 Å². The summed E-state index contributed by atoms with van der Waals surface area (Å²) in [5.41, 5.74) is 0.525. The Hall–Kier alpha value is -3.33. The Balaban J connectivity index is 2.17. The minimum Gasteiger partial charge on any atom is -0.504 e. The predicted octanol–water partition coefficient (Wildman–Crippen LogP) is 2.08. The van der Waals surface area contributed by atoms with Crippen LogP contribution in [-0.4, -0.2) is 44.4 Å². The molecule has 8 nitrogen and oxygen atoms in total. The van der Waals surface area contributed by atoms with Gasteiger partial charge < -0.3 is 15.5 Å². The Labute approximate surface area is 151 Å². The third-order valence-electron chi connectivity index (χ3n) is 3.48. The van der Waals surface area contributed by atoms with Gasteiger partial charge in [0, 0.05) is 12.5 Å². The van der Waals surface area contributed by atoms with Gasteiger partial charge in [-0.05, 0) is 0 Å². The van der Waals surface area contributed by atoms with E-state index in [1.165, 1.54) is 6.92 Å². The number of nitrogens with zero attached hydrogens (tertiary/aromatic N) is 2. The van der Waals surface area contributed by atoms with Gasteiger partial charge in [-0.25, -0.2) is 9.97 Å². The monoisotopic (exact) mass is 371 g/mol. The fraction of sp³-hybridized carbons (Fsp3) is 0.118. The molecule has 0 bridgehead atoms. The number of aromatic hydroxyl groups is 1. The van der Waals surface area contributed by atoms with Gasteiger partial charge >= 0.3 is 5.97 Å². The van der Waals surface area contributed by atoms with E-state index in [0.29, 0.717) is 5.01 Å². The number of hydrogen-bond donors (Lipinski definition) is 3. The van der Waals surface area contributed by atoms with Crippen molar-refractivity contribution in [1.82, 2.24) is 15.3 Å². The highest BCUT2D eigenvalue weighted by atomic mass is 32.1. The van der Waals surface area contributed by atoms with E-state index in [0.717, 1.165) is 16.9 Å². The molecule has 0 saturated carbocycles. The zero-order chi connectivity index (χ0) is 18.8. The van der Waals surface area contributed by atoms with Crippen LogP contribution >= 0.6 is 11.3 Å². The summed E-state index contributed by atoms with van der Waals surface area (Å²) in [6.07, 6.45) is 0. The molecule has 9 heteroatoms. The summed E-state index contributed by atoms with van der Waals surface area (Å²) < 4.78 is 0.240. The summed E-state index contributed by atoms with van der Waals surface area (Å²) in [4.78, 5) is 43.0. The van der Waals surface area contributed by atoms with Gasteiger partial charge in [-0.2, -0.15) is 0 Å². The molecule has 1 aromatic carbocycles. The lowest BCUT2D eigenvalue weighted by molar-refractivity contribution is -0.135. The molecule has 0 spiro atoms. The van der Waals surface area contributed by atoms with E-state index in [1.807, 2.05) is 30.3 Å². The number of aliphatic carboxylic acids is 1. The molecule has 0 aliphatic rings. The number of benzene rings is 1. The Morgan fingerprint density at radius 3 is 2.42 bits per heavy atom. The maximum atomic E-state index is 12.1. The third kappa shape index (κ3) is 3.24. The van der Waals surface area contributed by atoms with E-state index in [9.17, 15) is 19.5 Å². The number of hydrogen-bond acceptors (Lipinski definition) is 7. The molecule has 0 radical (unpaired) electrons. The van der Waals surface area contributed by atoms with Crippen LogP contribution < -0.4 is 5.32 Å². The van der Waals surface area contributed by atoms with Crippen molar-refractivity contribution >= 4 is 39.2 Å². The molecule has 0 unspecified atom stereocenters. The highest BCUT2D eigenvalue weighted by molar-refractivity contribution is 7.22. The summed E-state index contributed by atoms with van der Waals surface area (Å²) in [6, 6.07) is 9.17. The molecule has 3 rings (SSSR count). The molecule has 0 aliphatic heterocycles. The lowest BCUT2D eigenvalue weighted by Gasteiger charge is -2.06. The van der Waals surface area contributed by atoms with Crippen LogP contribution in [-0.2, 0) is 4.79 Å². The second-order valence-corrected chi connectivity index (χ2v) is 6.35. The quantitative estimate of drug-likeness (QED) is 0.585. The minimum atomic E-state index is -1.24. The van der Waals surface area contributed by atoms with Crippen molar-refractivity contribution in [1.29, 1.82) is 0 Å². The molecule has 2 heterocycles. The molecular formula is C17H13N3O5S. The lowest BCUT2D eigenvalue weighted by atomic mass is 10.2. The summed E-state index contributed by atoms with van der Waals surface area (Å²) in [7, 11) is 0. The van der Waals surface area contributed by atoms with Crippen molar-refractivity contribution in [3.8, 4) is 16.3 Å². The number of carbonyl (C=O) groups is 3. The molecule has 1 amide bonds. The van der Waals surface area contributed by atoms with Gasteiger partial charge in [-0.1, -0.05) is 30.3 Å². The molecule has 0 atom stereocenters. The summed E-state index contributed by atoms with van der Waals surface area (Å²) in [5, 5.41) is 21.8. The smallest absolute Gasteiger partial charge is 0.322 e. The fourth-order valence-electron chi connectivity index (χ4n) is 2.31. The normalized spacial score (nSPS) is 10.7. The molecule has 3 aromatic rings. The maximum Gasteiger partial charge on any atom is 0.322 e. The average Bonchev–Trinajstić information content (AvgIpc) is 3.06. The number of pyridine rings is 1. The van der Waals surface area contributed by atoms with Crippen molar-refractivity contribution in [3.05, 3.63) is 41.7 Å². The van der Waals surface area contributed by atoms with E-state index in [2.05, 4.69) is 15.3 Å². The number of carboxylic acid groups (broad SMARTS) is 1. The topological polar surface area (TPSA) is 129 Å². The zero-order valence-electron chi connectivity index (χ0n) is 13.5. The molecule has 0 fully saturated rings. The average molecular weight is 371 g/mol. The van der Waals surface area contributed by atoms with Gasteiger partial charge in [-0.15, -0.1) is 11.3 Å². The second kappa shape index (κ2) is 6.89. The van der Waals surface area contributed by atoms with E-state index < -0.39 is 35.6 Å². The Kier molecular flexibility index (Phi) is 4.63. The molecular weight excluding hydrogens is 358 g/mol. The van der Waals surface area contributed by atoms with Crippen LogP contribution in [0.5, 0.6) is 5.75 Å². The number of carbonyl (C=O) groups excluding carboxylic acids is 2. The second-order valence-electron chi connectivity index (χ2n) is 5.35. The highest BCUT2D eigenvalue weighted by Gasteiger charge is 2.24. The number of aromatic nitrogens is 2. The van der Waals surface area contributed by atoms with Gasteiger partial charge in [0.15, 0.2) is 17.2 Å². The number of amides is 1. The Bertz CT molecular complexity index is 1030. The summed E-state index contributed by atoms with van der Waals surface area (Å²) in [5.74, 6) is -2.99. The first-order valence-electron chi connectivity index (χ1n) is 7.48. The molecule has 132 valence electrons. The van der Waals surface area contributed by atoms with E-state index >= 15 is 0 Å². The van der Waals surface area contributed by atoms with Crippen molar-refractivity contribution in [3.63, 3.8) is 0 Å². The number of Topliss-reactive ketones (excluding diaryl/α,β-unsaturated/α-hetero) is 1. The third-order valence-corrected chi connectivity index (χ3v) is 4.60. The largest absolute Gasteiger partial charge is 0.504 e. The first kappa shape index (κ1) is 17.5. The van der Waals surface area contributed by atoms with E-state index in [1.54, 1.807) is 0 Å². The number of carboxylic acids is 1. The molecule has 0 saturated heterocycles. The molecule has 2 aromatic heterocycles. The molecule has 0 aliphatic carbocycles. The van der Waals surface area contributed by atoms with Gasteiger partial charge in [0.25, 0.3) is 5.91 Å². The maximum absolute atomic E-state index is 12.1.